The Labute approximate surface area is 197 Å². The number of nitrogens with zero attached hydrogens (tertiary/aromatic N) is 2. The molecule has 1 amide bonds. The van der Waals surface area contributed by atoms with Gasteiger partial charge in [-0.1, -0.05) is 47.0 Å². The summed E-state index contributed by atoms with van der Waals surface area (Å²) in [6.07, 6.45) is 0. The van der Waals surface area contributed by atoms with Crippen molar-refractivity contribution in [1.82, 2.24) is 9.80 Å². The largest absolute Gasteiger partial charge is 0.489 e. The molecule has 0 saturated carbocycles. The number of piperazine rings is 1. The molecule has 0 bridgehead atoms. The Morgan fingerprint density at radius 3 is 2.39 bits per heavy atom. The van der Waals surface area contributed by atoms with Gasteiger partial charge < -0.3 is 9.64 Å². The van der Waals surface area contributed by atoms with Gasteiger partial charge >= 0.3 is 0 Å². The van der Waals surface area contributed by atoms with Crippen LogP contribution < -0.4 is 4.74 Å². The van der Waals surface area contributed by atoms with E-state index in [1.54, 1.807) is 0 Å². The molecule has 0 N–H and O–H groups in total. The Hall–Kier alpha value is -2.05. The summed E-state index contributed by atoms with van der Waals surface area (Å²) in [4.78, 5) is 17.9. The fraction of sp³-hybridized carbons (Fsp3) is 0.292. The third-order valence-electron chi connectivity index (χ3n) is 5.39. The summed E-state index contributed by atoms with van der Waals surface area (Å²) in [5.74, 6) is 0.918. The van der Waals surface area contributed by atoms with Gasteiger partial charge in [-0.2, -0.15) is 0 Å². The molecule has 0 aliphatic carbocycles. The van der Waals surface area contributed by atoms with Crippen molar-refractivity contribution in [1.29, 1.82) is 0 Å². The molecule has 162 valence electrons. The molecule has 4 nitrogen and oxygen atoms in total. The molecule has 1 aromatic heterocycles. The number of carbonyl (C=O) groups is 1. The Kier molecular flexibility index (Phi) is 7.18. The van der Waals surface area contributed by atoms with Crippen molar-refractivity contribution in [3.63, 3.8) is 0 Å². The lowest BCUT2D eigenvalue weighted by Gasteiger charge is -2.34. The van der Waals surface area contributed by atoms with Gasteiger partial charge in [0.15, 0.2) is 0 Å². The first-order valence-corrected chi connectivity index (χ1v) is 11.8. The van der Waals surface area contributed by atoms with Crippen LogP contribution in [0.5, 0.6) is 5.75 Å². The fourth-order valence-electron chi connectivity index (χ4n) is 3.54. The maximum atomic E-state index is 12.9. The minimum absolute atomic E-state index is 0.0852. The summed E-state index contributed by atoms with van der Waals surface area (Å²) in [6.45, 7) is 6.16. The van der Waals surface area contributed by atoms with E-state index in [2.05, 4.69) is 4.90 Å². The van der Waals surface area contributed by atoms with Crippen LogP contribution in [0, 0.1) is 6.92 Å². The summed E-state index contributed by atoms with van der Waals surface area (Å²) in [5, 5.41) is 3.37. The van der Waals surface area contributed by atoms with Crippen molar-refractivity contribution in [2.24, 2.45) is 0 Å². The summed E-state index contributed by atoms with van der Waals surface area (Å²) in [6, 6.07) is 15.5. The molecule has 1 aliphatic rings. The van der Waals surface area contributed by atoms with Crippen LogP contribution in [0.2, 0.25) is 10.0 Å². The summed E-state index contributed by atoms with van der Waals surface area (Å²) < 4.78 is 5.83. The zero-order chi connectivity index (χ0) is 21.8. The van der Waals surface area contributed by atoms with Crippen LogP contribution in [0.15, 0.2) is 53.9 Å². The molecule has 1 aliphatic heterocycles. The summed E-state index contributed by atoms with van der Waals surface area (Å²) >= 11 is 14.1. The molecule has 0 atom stereocenters. The quantitative estimate of drug-likeness (QED) is 0.445. The van der Waals surface area contributed by atoms with Gasteiger partial charge in [0.25, 0.3) is 5.91 Å². The van der Waals surface area contributed by atoms with Gasteiger partial charge in [-0.15, -0.1) is 11.3 Å². The normalized spacial score (nSPS) is 14.6. The minimum atomic E-state index is 0.0852. The maximum absolute atomic E-state index is 12.9. The molecule has 2 aromatic carbocycles. The van der Waals surface area contributed by atoms with E-state index in [0.29, 0.717) is 36.3 Å². The van der Waals surface area contributed by atoms with Crippen molar-refractivity contribution < 1.29 is 9.53 Å². The van der Waals surface area contributed by atoms with E-state index in [-0.39, 0.29) is 5.91 Å². The predicted octanol–water partition coefficient (Wildman–Crippen LogP) is 5.90. The lowest BCUT2D eigenvalue weighted by molar-refractivity contribution is 0.0633. The first-order chi connectivity index (χ1) is 15.0. The highest BCUT2D eigenvalue weighted by Gasteiger charge is 2.24. The number of thiophene rings is 1. The van der Waals surface area contributed by atoms with Crippen molar-refractivity contribution >= 4 is 40.4 Å². The van der Waals surface area contributed by atoms with E-state index in [1.807, 2.05) is 65.7 Å². The average Bonchev–Trinajstić information content (AvgIpc) is 3.25. The van der Waals surface area contributed by atoms with Crippen molar-refractivity contribution in [2.75, 3.05) is 26.2 Å². The fourth-order valence-corrected chi connectivity index (χ4v) is 4.92. The second-order valence-corrected chi connectivity index (χ2v) is 9.42. The van der Waals surface area contributed by atoms with Gasteiger partial charge in [-0.05, 0) is 42.6 Å². The second-order valence-electron chi connectivity index (χ2n) is 7.69. The molecule has 2 heterocycles. The van der Waals surface area contributed by atoms with Gasteiger partial charge in [-0.3, -0.25) is 9.69 Å². The Bertz CT molecular complexity index is 1020. The molecule has 4 rings (SSSR count). The topological polar surface area (TPSA) is 32.8 Å². The highest BCUT2D eigenvalue weighted by atomic mass is 35.5. The van der Waals surface area contributed by atoms with Crippen molar-refractivity contribution in [3.05, 3.63) is 85.5 Å². The van der Waals surface area contributed by atoms with E-state index in [9.17, 15) is 4.79 Å². The van der Waals surface area contributed by atoms with E-state index in [0.717, 1.165) is 34.8 Å². The highest BCUT2D eigenvalue weighted by molar-refractivity contribution is 7.12. The van der Waals surface area contributed by atoms with Gasteiger partial charge in [-0.25, -0.2) is 0 Å². The molecule has 7 heteroatoms. The van der Waals surface area contributed by atoms with Crippen molar-refractivity contribution in [3.8, 4) is 5.75 Å². The first kappa shape index (κ1) is 22.2. The van der Waals surface area contributed by atoms with Crippen LogP contribution >= 0.6 is 34.5 Å². The minimum Gasteiger partial charge on any atom is -0.489 e. The molecule has 0 spiro atoms. The molecule has 1 saturated heterocycles. The number of halogens is 2. The number of aryl methyl sites for hydroxylation is 1. The third kappa shape index (κ3) is 5.60. The van der Waals surface area contributed by atoms with Crippen molar-refractivity contribution in [2.45, 2.75) is 20.1 Å². The highest BCUT2D eigenvalue weighted by Crippen LogP contribution is 2.26. The number of carbonyl (C=O) groups excluding carboxylic acids is 1. The van der Waals surface area contributed by atoms with Crippen LogP contribution in [0.3, 0.4) is 0 Å². The zero-order valence-corrected chi connectivity index (χ0v) is 19.6. The Balaban J connectivity index is 1.29. The lowest BCUT2D eigenvalue weighted by atomic mass is 10.2. The standard InChI is InChI=1S/C24H24Cl2N2O2S/c1-17-5-7-19(8-6-17)30-15-18-13-23(31-16-18)24(29)28-11-9-27(10-12-28)14-20-21(25)3-2-4-22(20)26/h2-8,13,16H,9-12,14-15H2,1H3. The van der Waals surface area contributed by atoms with Gasteiger partial charge in [0.1, 0.15) is 12.4 Å². The third-order valence-corrected chi connectivity index (χ3v) is 7.07. The zero-order valence-electron chi connectivity index (χ0n) is 17.3. The van der Waals surface area contributed by atoms with Crippen LogP contribution in [0.25, 0.3) is 0 Å². The number of hydrogen-bond acceptors (Lipinski definition) is 4. The molecule has 0 radical (unpaired) electrons. The lowest BCUT2D eigenvalue weighted by Crippen LogP contribution is -2.48. The van der Waals surface area contributed by atoms with Crippen LogP contribution in [-0.4, -0.2) is 41.9 Å². The predicted molar refractivity (Wildman–Crippen MR) is 127 cm³/mol. The molecule has 3 aromatic rings. The number of benzene rings is 2. The van der Waals surface area contributed by atoms with Gasteiger partial charge in [0.05, 0.1) is 4.88 Å². The average molecular weight is 475 g/mol. The Morgan fingerprint density at radius 2 is 1.71 bits per heavy atom. The number of rotatable bonds is 6. The molecular weight excluding hydrogens is 451 g/mol. The van der Waals surface area contributed by atoms with Gasteiger partial charge in [0, 0.05) is 53.9 Å². The summed E-state index contributed by atoms with van der Waals surface area (Å²) in [7, 11) is 0. The van der Waals surface area contributed by atoms with E-state index >= 15 is 0 Å². The summed E-state index contributed by atoms with van der Waals surface area (Å²) in [5.41, 5.74) is 3.16. The van der Waals surface area contributed by atoms with E-state index in [4.69, 9.17) is 27.9 Å². The van der Waals surface area contributed by atoms with Gasteiger partial charge in [0.2, 0.25) is 0 Å². The number of hydrogen-bond donors (Lipinski definition) is 0. The monoisotopic (exact) mass is 474 g/mol. The number of amides is 1. The number of ether oxygens (including phenoxy) is 1. The smallest absolute Gasteiger partial charge is 0.264 e. The van der Waals surface area contributed by atoms with E-state index < -0.39 is 0 Å². The molecule has 0 unspecified atom stereocenters. The SMILES string of the molecule is Cc1ccc(OCc2csc(C(=O)N3CCN(Cc4c(Cl)cccc4Cl)CC3)c2)cc1. The Morgan fingerprint density at radius 1 is 1.03 bits per heavy atom. The molecular formula is C24H24Cl2N2O2S. The maximum Gasteiger partial charge on any atom is 0.264 e. The van der Waals surface area contributed by atoms with Crippen LogP contribution in [-0.2, 0) is 13.2 Å². The molecule has 31 heavy (non-hydrogen) atoms. The second kappa shape index (κ2) is 10.0. The van der Waals surface area contributed by atoms with E-state index in [1.165, 1.54) is 16.9 Å². The van der Waals surface area contributed by atoms with Crippen LogP contribution in [0.1, 0.15) is 26.4 Å². The van der Waals surface area contributed by atoms with Crippen LogP contribution in [0.4, 0.5) is 0 Å². The molecule has 1 fully saturated rings. The first-order valence-electron chi connectivity index (χ1n) is 10.2.